The average molecular weight is 367 g/mol. The quantitative estimate of drug-likeness (QED) is 0.767. The molecule has 0 aromatic heterocycles. The lowest BCUT2D eigenvalue weighted by atomic mass is 9.99. The van der Waals surface area contributed by atoms with Gasteiger partial charge >= 0.3 is 0 Å². The zero-order valence-corrected chi connectivity index (χ0v) is 16.9. The largest absolute Gasteiger partial charge is 0.492 e. The zero-order valence-electron chi connectivity index (χ0n) is 16.1. The zero-order chi connectivity index (χ0) is 19.0. The molecule has 6 heteroatoms. The lowest BCUT2D eigenvalue weighted by molar-refractivity contribution is 0.126. The molecule has 1 heterocycles. The van der Waals surface area contributed by atoms with Gasteiger partial charge in [0.15, 0.2) is 0 Å². The second kappa shape index (κ2) is 6.74. The molecule has 1 aliphatic rings. The number of rotatable bonds is 4. The van der Waals surface area contributed by atoms with Crippen molar-refractivity contribution in [2.45, 2.75) is 64.7 Å². The highest BCUT2D eigenvalue weighted by molar-refractivity contribution is 7.87. The molecular weight excluding hydrogens is 336 g/mol. The Hall–Kier alpha value is -1.37. The van der Waals surface area contributed by atoms with E-state index in [9.17, 15) is 8.42 Å². The Labute approximate surface area is 152 Å². The van der Waals surface area contributed by atoms with Crippen molar-refractivity contribution in [1.82, 2.24) is 8.61 Å². The van der Waals surface area contributed by atoms with Gasteiger partial charge in [-0.3, -0.25) is 0 Å². The van der Waals surface area contributed by atoms with E-state index >= 15 is 0 Å². The van der Waals surface area contributed by atoms with E-state index in [0.717, 1.165) is 5.75 Å². The SMILES string of the molecule is C=C[C@@H]1[C@@H](COc2ccccc2)N(C(C)(C)C)S(=O)(=O)N1C(C)(C)C. The first-order chi connectivity index (χ1) is 11.4. The maximum absolute atomic E-state index is 13.3. The third-order valence-corrected chi connectivity index (χ3v) is 6.80. The van der Waals surface area contributed by atoms with Gasteiger partial charge in [-0.05, 0) is 53.7 Å². The molecule has 0 amide bonds. The average Bonchev–Trinajstić information content (AvgIpc) is 2.72. The standard InChI is InChI=1S/C19H30N2O3S/c1-8-16-17(14-24-15-12-10-9-11-13-15)21(19(5,6)7)25(22,23)20(16)18(2,3)4/h8-13,16-17H,1,14H2,2-7H3/t16-,17-/m1/s1. The predicted octanol–water partition coefficient (Wildman–Crippen LogP) is 3.45. The lowest BCUT2D eigenvalue weighted by Gasteiger charge is -2.36. The number of benzene rings is 1. The number of hydrogen-bond acceptors (Lipinski definition) is 3. The first-order valence-corrected chi connectivity index (χ1v) is 9.95. The van der Waals surface area contributed by atoms with Gasteiger partial charge in [0.05, 0.1) is 12.1 Å². The Morgan fingerprint density at radius 1 is 1.04 bits per heavy atom. The topological polar surface area (TPSA) is 49.9 Å². The van der Waals surface area contributed by atoms with Crippen molar-refractivity contribution < 1.29 is 13.2 Å². The molecule has 25 heavy (non-hydrogen) atoms. The monoisotopic (exact) mass is 366 g/mol. The van der Waals surface area contributed by atoms with Crippen LogP contribution in [0.1, 0.15) is 41.5 Å². The van der Waals surface area contributed by atoms with Gasteiger partial charge in [0.2, 0.25) is 0 Å². The van der Waals surface area contributed by atoms with Crippen molar-refractivity contribution in [1.29, 1.82) is 0 Å². The van der Waals surface area contributed by atoms with Gasteiger partial charge in [0.1, 0.15) is 12.4 Å². The maximum atomic E-state index is 13.3. The number of para-hydroxylation sites is 1. The molecule has 0 unspecified atom stereocenters. The lowest BCUT2D eigenvalue weighted by Crippen LogP contribution is -2.51. The molecule has 0 aliphatic carbocycles. The van der Waals surface area contributed by atoms with Gasteiger partial charge in [-0.25, -0.2) is 0 Å². The van der Waals surface area contributed by atoms with Gasteiger partial charge in [0, 0.05) is 11.1 Å². The Morgan fingerprint density at radius 3 is 2.00 bits per heavy atom. The van der Waals surface area contributed by atoms with Crippen molar-refractivity contribution in [3.05, 3.63) is 43.0 Å². The van der Waals surface area contributed by atoms with Crippen molar-refractivity contribution in [3.63, 3.8) is 0 Å². The van der Waals surface area contributed by atoms with E-state index in [0.29, 0.717) is 0 Å². The molecule has 1 aromatic carbocycles. The summed E-state index contributed by atoms with van der Waals surface area (Å²) in [6.07, 6.45) is 1.72. The molecule has 2 rings (SSSR count). The maximum Gasteiger partial charge on any atom is 0.283 e. The van der Waals surface area contributed by atoms with Crippen LogP contribution in [0.4, 0.5) is 0 Å². The van der Waals surface area contributed by atoms with Crippen molar-refractivity contribution in [3.8, 4) is 5.75 Å². The van der Waals surface area contributed by atoms with Gasteiger partial charge in [0.25, 0.3) is 10.2 Å². The Morgan fingerprint density at radius 2 is 1.56 bits per heavy atom. The number of ether oxygens (including phenoxy) is 1. The van der Waals surface area contributed by atoms with Crippen LogP contribution in [0.25, 0.3) is 0 Å². The summed E-state index contributed by atoms with van der Waals surface area (Å²) in [5.74, 6) is 0.728. The molecule has 0 spiro atoms. The second-order valence-corrected chi connectivity index (χ2v) is 10.0. The fraction of sp³-hybridized carbons (Fsp3) is 0.579. The molecule has 1 saturated heterocycles. The highest BCUT2D eigenvalue weighted by Crippen LogP contribution is 2.40. The smallest absolute Gasteiger partial charge is 0.283 e. The van der Waals surface area contributed by atoms with Crippen LogP contribution in [0.2, 0.25) is 0 Å². The summed E-state index contributed by atoms with van der Waals surface area (Å²) in [6, 6.07) is 8.76. The summed E-state index contributed by atoms with van der Waals surface area (Å²) in [4.78, 5) is 0. The molecule has 140 valence electrons. The Balaban J connectivity index is 2.44. The molecule has 5 nitrogen and oxygen atoms in total. The van der Waals surface area contributed by atoms with E-state index in [-0.39, 0.29) is 18.7 Å². The highest BCUT2D eigenvalue weighted by atomic mass is 32.2. The van der Waals surface area contributed by atoms with Crippen LogP contribution in [-0.4, -0.2) is 46.8 Å². The third kappa shape index (κ3) is 3.91. The fourth-order valence-electron chi connectivity index (χ4n) is 3.47. The number of nitrogens with zero attached hydrogens (tertiary/aromatic N) is 2. The summed E-state index contributed by atoms with van der Waals surface area (Å²) >= 11 is 0. The summed E-state index contributed by atoms with van der Waals surface area (Å²) in [6.45, 7) is 15.6. The molecular formula is C19H30N2O3S. The van der Waals surface area contributed by atoms with Gasteiger partial charge in [-0.2, -0.15) is 17.0 Å². The minimum Gasteiger partial charge on any atom is -0.492 e. The molecule has 0 bridgehead atoms. The van der Waals surface area contributed by atoms with Gasteiger partial charge in [-0.1, -0.05) is 24.3 Å². The fourth-order valence-corrected chi connectivity index (χ4v) is 6.10. The van der Waals surface area contributed by atoms with Crippen LogP contribution in [0.5, 0.6) is 5.75 Å². The molecule has 2 atom stereocenters. The van der Waals surface area contributed by atoms with E-state index in [2.05, 4.69) is 6.58 Å². The van der Waals surface area contributed by atoms with E-state index in [1.165, 1.54) is 0 Å². The van der Waals surface area contributed by atoms with Crippen LogP contribution in [0.3, 0.4) is 0 Å². The van der Waals surface area contributed by atoms with Gasteiger partial charge in [-0.15, -0.1) is 6.58 Å². The predicted molar refractivity (Wildman–Crippen MR) is 102 cm³/mol. The molecule has 0 saturated carbocycles. The van der Waals surface area contributed by atoms with Crippen LogP contribution in [-0.2, 0) is 10.2 Å². The first kappa shape index (κ1) is 19.9. The molecule has 1 aliphatic heterocycles. The van der Waals surface area contributed by atoms with E-state index < -0.39 is 21.3 Å². The molecule has 0 N–H and O–H groups in total. The molecule has 1 fully saturated rings. The summed E-state index contributed by atoms with van der Waals surface area (Å²) < 4.78 is 35.7. The second-order valence-electron chi connectivity index (χ2n) is 8.36. The molecule has 0 radical (unpaired) electrons. The van der Waals surface area contributed by atoms with Crippen LogP contribution in [0.15, 0.2) is 43.0 Å². The normalized spacial score (nSPS) is 25.0. The highest BCUT2D eigenvalue weighted by Gasteiger charge is 2.57. The van der Waals surface area contributed by atoms with Crippen molar-refractivity contribution >= 4 is 10.2 Å². The van der Waals surface area contributed by atoms with E-state index in [1.54, 1.807) is 14.7 Å². The van der Waals surface area contributed by atoms with Gasteiger partial charge < -0.3 is 4.74 Å². The summed E-state index contributed by atoms with van der Waals surface area (Å²) in [5.41, 5.74) is -1.12. The summed E-state index contributed by atoms with van der Waals surface area (Å²) in [7, 11) is -3.64. The van der Waals surface area contributed by atoms with E-state index in [4.69, 9.17) is 4.74 Å². The third-order valence-electron chi connectivity index (χ3n) is 4.19. The molecule has 1 aromatic rings. The summed E-state index contributed by atoms with van der Waals surface area (Å²) in [5, 5.41) is 0. The number of hydrogen-bond donors (Lipinski definition) is 0. The van der Waals surface area contributed by atoms with Crippen molar-refractivity contribution in [2.75, 3.05) is 6.61 Å². The van der Waals surface area contributed by atoms with Crippen LogP contribution >= 0.6 is 0 Å². The van der Waals surface area contributed by atoms with Crippen molar-refractivity contribution in [2.24, 2.45) is 0 Å². The Bertz CT molecular complexity index is 702. The van der Waals surface area contributed by atoms with E-state index in [1.807, 2.05) is 71.9 Å². The Kier molecular flexibility index (Phi) is 5.38. The minimum atomic E-state index is -3.64. The van der Waals surface area contributed by atoms with Crippen LogP contribution in [0, 0.1) is 0 Å². The van der Waals surface area contributed by atoms with Crippen LogP contribution < -0.4 is 4.74 Å². The minimum absolute atomic E-state index is 0.268. The first-order valence-electron chi connectivity index (χ1n) is 8.55.